The molecule has 1 aromatic rings. The number of hydrogen-bond acceptors (Lipinski definition) is 5. The first kappa shape index (κ1) is 12.4. The van der Waals surface area contributed by atoms with Crippen molar-refractivity contribution in [2.75, 3.05) is 18.5 Å². The van der Waals surface area contributed by atoms with Crippen molar-refractivity contribution in [2.45, 2.75) is 13.0 Å². The van der Waals surface area contributed by atoms with Crippen LogP contribution >= 0.6 is 0 Å². The molecule has 1 amide bonds. The molecule has 0 saturated carbocycles. The Bertz CT molecular complexity index is 356. The molecule has 0 aromatic carbocycles. The molecular formula is C10H14N2O4. The van der Waals surface area contributed by atoms with E-state index in [9.17, 15) is 4.79 Å². The van der Waals surface area contributed by atoms with Gasteiger partial charge in [-0.2, -0.15) is 0 Å². The number of ether oxygens (including phenoxy) is 1. The first-order valence-electron chi connectivity index (χ1n) is 4.77. The van der Waals surface area contributed by atoms with Crippen molar-refractivity contribution in [1.82, 2.24) is 4.98 Å². The van der Waals surface area contributed by atoms with E-state index in [2.05, 4.69) is 10.3 Å². The predicted molar refractivity (Wildman–Crippen MR) is 57.1 cm³/mol. The van der Waals surface area contributed by atoms with E-state index in [0.29, 0.717) is 11.6 Å². The molecular weight excluding hydrogens is 212 g/mol. The summed E-state index contributed by atoms with van der Waals surface area (Å²) >= 11 is 0. The lowest BCUT2D eigenvalue weighted by Gasteiger charge is -2.10. The summed E-state index contributed by atoms with van der Waals surface area (Å²) in [4.78, 5) is 14.7. The van der Waals surface area contributed by atoms with Gasteiger partial charge >= 0.3 is 0 Å². The Morgan fingerprint density at radius 2 is 2.44 bits per heavy atom. The van der Waals surface area contributed by atoms with Crippen LogP contribution in [0.3, 0.4) is 0 Å². The van der Waals surface area contributed by atoms with Gasteiger partial charge in [-0.1, -0.05) is 0 Å². The minimum atomic E-state index is -0.919. The van der Waals surface area contributed by atoms with Gasteiger partial charge in [-0.3, -0.25) is 4.79 Å². The number of amides is 1. The number of carbonyl (C=O) groups excluding carboxylic acids is 1. The number of rotatable bonds is 5. The van der Waals surface area contributed by atoms with Gasteiger partial charge in [0, 0.05) is 19.2 Å². The highest BCUT2D eigenvalue weighted by Gasteiger charge is 2.04. The summed E-state index contributed by atoms with van der Waals surface area (Å²) in [6.45, 7) is 1.01. The van der Waals surface area contributed by atoms with Gasteiger partial charge in [0.2, 0.25) is 5.91 Å². The fourth-order valence-corrected chi connectivity index (χ4v) is 0.995. The number of pyridine rings is 1. The van der Waals surface area contributed by atoms with E-state index >= 15 is 0 Å². The molecule has 0 aliphatic heterocycles. The molecule has 0 aliphatic carbocycles. The molecule has 0 radical (unpaired) electrons. The van der Waals surface area contributed by atoms with Gasteiger partial charge in [0.1, 0.15) is 24.3 Å². The summed E-state index contributed by atoms with van der Waals surface area (Å²) in [5, 5.41) is 20.2. The van der Waals surface area contributed by atoms with Crippen LogP contribution in [0.25, 0.3) is 0 Å². The Morgan fingerprint density at radius 1 is 1.69 bits per heavy atom. The quantitative estimate of drug-likeness (QED) is 0.645. The Kier molecular flexibility index (Phi) is 4.68. The number of aliphatic hydroxyl groups excluding tert-OH is 2. The van der Waals surface area contributed by atoms with Gasteiger partial charge in [-0.15, -0.1) is 0 Å². The van der Waals surface area contributed by atoms with E-state index in [-0.39, 0.29) is 19.1 Å². The fourth-order valence-electron chi connectivity index (χ4n) is 0.995. The lowest BCUT2D eigenvalue weighted by molar-refractivity contribution is -0.114. The molecule has 6 nitrogen and oxygen atoms in total. The highest BCUT2D eigenvalue weighted by atomic mass is 16.5. The summed E-state index contributed by atoms with van der Waals surface area (Å²) in [6, 6.07) is 3.13. The van der Waals surface area contributed by atoms with Gasteiger partial charge in [0.25, 0.3) is 0 Å². The maximum Gasteiger partial charge on any atom is 0.222 e. The van der Waals surface area contributed by atoms with Crippen LogP contribution in [0.4, 0.5) is 5.82 Å². The second-order valence-electron chi connectivity index (χ2n) is 3.21. The molecule has 1 unspecified atom stereocenters. The molecule has 0 aliphatic rings. The summed E-state index contributed by atoms with van der Waals surface area (Å²) in [7, 11) is 0. The van der Waals surface area contributed by atoms with Crippen LogP contribution in [0.2, 0.25) is 0 Å². The summed E-state index contributed by atoms with van der Waals surface area (Å²) in [5.41, 5.74) is 0. The number of nitrogens with zero attached hydrogens (tertiary/aromatic N) is 1. The number of anilines is 1. The maximum atomic E-state index is 10.8. The zero-order valence-corrected chi connectivity index (χ0v) is 8.88. The molecule has 0 spiro atoms. The van der Waals surface area contributed by atoms with Gasteiger partial charge in [-0.05, 0) is 6.07 Å². The van der Waals surface area contributed by atoms with Crippen LogP contribution in [0.1, 0.15) is 6.92 Å². The Balaban J connectivity index is 2.56. The third-order valence-electron chi connectivity index (χ3n) is 1.69. The monoisotopic (exact) mass is 226 g/mol. The molecule has 6 heteroatoms. The Hall–Kier alpha value is -1.66. The molecule has 0 saturated heterocycles. The predicted octanol–water partition coefficient (Wildman–Crippen LogP) is -0.228. The third kappa shape index (κ3) is 4.24. The largest absolute Gasteiger partial charge is 0.491 e. The standard InChI is InChI=1S/C10H14N2O4/c1-7(14)12-10-4-9(2-3-11-10)16-6-8(15)5-13/h2-4,8,13,15H,5-6H2,1H3,(H,11,12,14). The molecule has 0 bridgehead atoms. The first-order valence-corrected chi connectivity index (χ1v) is 4.77. The van der Waals surface area contributed by atoms with Gasteiger partial charge < -0.3 is 20.3 Å². The number of nitrogens with one attached hydrogen (secondary N) is 1. The number of aromatic nitrogens is 1. The second-order valence-corrected chi connectivity index (χ2v) is 3.21. The molecule has 3 N–H and O–H groups in total. The minimum Gasteiger partial charge on any atom is -0.491 e. The van der Waals surface area contributed by atoms with Crippen LogP contribution in [-0.2, 0) is 4.79 Å². The second kappa shape index (κ2) is 6.04. The highest BCUT2D eigenvalue weighted by Crippen LogP contribution is 2.14. The van der Waals surface area contributed by atoms with E-state index in [4.69, 9.17) is 14.9 Å². The topological polar surface area (TPSA) is 91.7 Å². The van der Waals surface area contributed by atoms with Gasteiger partial charge in [0.05, 0.1) is 6.61 Å². The Labute approximate surface area is 92.9 Å². The lowest BCUT2D eigenvalue weighted by Crippen LogP contribution is -2.21. The lowest BCUT2D eigenvalue weighted by atomic mass is 10.4. The van der Waals surface area contributed by atoms with Crippen molar-refractivity contribution in [2.24, 2.45) is 0 Å². The van der Waals surface area contributed by atoms with E-state index in [1.54, 1.807) is 6.07 Å². The highest BCUT2D eigenvalue weighted by molar-refractivity contribution is 5.87. The fraction of sp³-hybridized carbons (Fsp3) is 0.400. The first-order chi connectivity index (χ1) is 7.61. The van der Waals surface area contributed by atoms with Crippen LogP contribution in [-0.4, -0.2) is 40.4 Å². The zero-order valence-electron chi connectivity index (χ0n) is 8.88. The van der Waals surface area contributed by atoms with Crippen molar-refractivity contribution >= 4 is 11.7 Å². The number of hydrogen-bond donors (Lipinski definition) is 3. The smallest absolute Gasteiger partial charge is 0.222 e. The summed E-state index contributed by atoms with van der Waals surface area (Å²) in [5.74, 6) is 0.620. The molecule has 1 rings (SSSR count). The van der Waals surface area contributed by atoms with E-state index < -0.39 is 6.10 Å². The Morgan fingerprint density at radius 3 is 3.06 bits per heavy atom. The number of carbonyl (C=O) groups is 1. The van der Waals surface area contributed by atoms with Crippen molar-refractivity contribution < 1.29 is 19.7 Å². The van der Waals surface area contributed by atoms with Crippen molar-refractivity contribution in [3.05, 3.63) is 18.3 Å². The maximum absolute atomic E-state index is 10.8. The SMILES string of the molecule is CC(=O)Nc1cc(OCC(O)CO)ccn1. The van der Waals surface area contributed by atoms with E-state index in [0.717, 1.165) is 0 Å². The van der Waals surface area contributed by atoms with Gasteiger partial charge in [-0.25, -0.2) is 4.98 Å². The van der Waals surface area contributed by atoms with E-state index in [1.165, 1.54) is 19.2 Å². The normalized spacial score (nSPS) is 11.9. The minimum absolute atomic E-state index is 0.0139. The zero-order chi connectivity index (χ0) is 12.0. The molecule has 16 heavy (non-hydrogen) atoms. The van der Waals surface area contributed by atoms with Gasteiger partial charge in [0.15, 0.2) is 0 Å². The average Bonchev–Trinajstić information content (AvgIpc) is 2.25. The molecule has 1 aromatic heterocycles. The number of aliphatic hydroxyl groups is 2. The molecule has 1 heterocycles. The van der Waals surface area contributed by atoms with Crippen LogP contribution in [0.5, 0.6) is 5.75 Å². The summed E-state index contributed by atoms with van der Waals surface area (Å²) < 4.78 is 5.18. The van der Waals surface area contributed by atoms with Crippen molar-refractivity contribution in [3.63, 3.8) is 0 Å². The third-order valence-corrected chi connectivity index (χ3v) is 1.69. The summed E-state index contributed by atoms with van der Waals surface area (Å²) in [6.07, 6.45) is 0.559. The van der Waals surface area contributed by atoms with Crippen LogP contribution in [0, 0.1) is 0 Å². The van der Waals surface area contributed by atoms with Crippen LogP contribution < -0.4 is 10.1 Å². The van der Waals surface area contributed by atoms with E-state index in [1.807, 2.05) is 0 Å². The van der Waals surface area contributed by atoms with Crippen LogP contribution in [0.15, 0.2) is 18.3 Å². The average molecular weight is 226 g/mol. The van der Waals surface area contributed by atoms with Crippen molar-refractivity contribution in [1.29, 1.82) is 0 Å². The van der Waals surface area contributed by atoms with Crippen molar-refractivity contribution in [3.8, 4) is 5.75 Å². The molecule has 0 fully saturated rings. The molecule has 88 valence electrons. The molecule has 1 atom stereocenters.